The lowest BCUT2D eigenvalue weighted by Crippen LogP contribution is -2.44. The second-order valence-corrected chi connectivity index (χ2v) is 8.89. The second-order valence-electron chi connectivity index (χ2n) is 7.40. The molecule has 1 aliphatic rings. The number of amides is 1. The maximum absolute atomic E-state index is 12.9. The minimum absolute atomic E-state index is 0. The minimum Gasteiger partial charge on any atom is -0.319 e. The lowest BCUT2D eigenvalue weighted by Gasteiger charge is -2.25. The molecule has 32 heavy (non-hydrogen) atoms. The average Bonchev–Trinajstić information content (AvgIpc) is 2.83. The third kappa shape index (κ3) is 7.13. The molecule has 0 fully saturated rings. The van der Waals surface area contributed by atoms with E-state index >= 15 is 0 Å². The quantitative estimate of drug-likeness (QED) is 0.367. The molecule has 0 aliphatic carbocycles. The second kappa shape index (κ2) is 11.4. The van der Waals surface area contributed by atoms with Crippen molar-refractivity contribution in [3.05, 3.63) is 58.6 Å². The van der Waals surface area contributed by atoms with Gasteiger partial charge in [-0.25, -0.2) is 0 Å². The van der Waals surface area contributed by atoms with Gasteiger partial charge in [-0.1, -0.05) is 29.8 Å². The Morgan fingerprint density at radius 1 is 1.16 bits per heavy atom. The van der Waals surface area contributed by atoms with E-state index in [1.807, 2.05) is 12.1 Å². The molecule has 1 amide bonds. The number of carbonyl (C=O) groups is 2. The zero-order valence-electron chi connectivity index (χ0n) is 17.0. The van der Waals surface area contributed by atoms with E-state index in [1.54, 1.807) is 35.2 Å². The van der Waals surface area contributed by atoms with Crippen LogP contribution in [-0.4, -0.2) is 29.7 Å². The van der Waals surface area contributed by atoms with Crippen LogP contribution in [0.25, 0.3) is 0 Å². The Labute approximate surface area is 200 Å². The van der Waals surface area contributed by atoms with Crippen molar-refractivity contribution >= 4 is 53.1 Å². The van der Waals surface area contributed by atoms with Gasteiger partial charge in [0.1, 0.15) is 0 Å². The fraction of sp³-hybridized carbons (Fsp3) is 0.364. The molecule has 0 saturated carbocycles. The van der Waals surface area contributed by atoms with E-state index in [-0.39, 0.29) is 49.9 Å². The van der Waals surface area contributed by atoms with Gasteiger partial charge in [-0.15, -0.1) is 24.2 Å². The molecule has 1 aliphatic heterocycles. The number of thioether (sulfide) groups is 1. The molecule has 2 aromatic rings. The SMILES string of the molecule is Cl.N[C@H]1CSc2ccc(C(=O)CCCCC(F)(F)F)cc2N(Cc2ccc(Cl)cc2)C1=O. The Hall–Kier alpha value is -1.74. The van der Waals surface area contributed by atoms with Crippen molar-refractivity contribution in [1.29, 1.82) is 0 Å². The van der Waals surface area contributed by atoms with Crippen LogP contribution in [0.5, 0.6) is 0 Å². The molecule has 0 radical (unpaired) electrons. The third-order valence-electron chi connectivity index (χ3n) is 4.94. The van der Waals surface area contributed by atoms with Crippen molar-refractivity contribution in [3.8, 4) is 0 Å². The number of ketones is 1. The number of nitrogens with zero attached hydrogens (tertiary/aromatic N) is 1. The Morgan fingerprint density at radius 2 is 1.84 bits per heavy atom. The summed E-state index contributed by atoms with van der Waals surface area (Å²) >= 11 is 7.38. The fourth-order valence-electron chi connectivity index (χ4n) is 3.28. The highest BCUT2D eigenvalue weighted by molar-refractivity contribution is 7.99. The van der Waals surface area contributed by atoms with Crippen LogP contribution in [-0.2, 0) is 11.3 Å². The van der Waals surface area contributed by atoms with Gasteiger partial charge in [0, 0.05) is 34.1 Å². The highest BCUT2D eigenvalue weighted by atomic mass is 35.5. The number of fused-ring (bicyclic) bond motifs is 1. The highest BCUT2D eigenvalue weighted by Gasteiger charge is 2.29. The predicted octanol–water partition coefficient (Wildman–Crippen LogP) is 6.03. The molecule has 10 heteroatoms. The topological polar surface area (TPSA) is 63.4 Å². The normalized spacial score (nSPS) is 16.2. The maximum atomic E-state index is 12.9. The van der Waals surface area contributed by atoms with Crippen LogP contribution in [0.4, 0.5) is 18.9 Å². The van der Waals surface area contributed by atoms with Gasteiger partial charge < -0.3 is 10.6 Å². The zero-order chi connectivity index (χ0) is 22.6. The molecular weight excluding hydrogens is 484 g/mol. The first-order valence-electron chi connectivity index (χ1n) is 9.82. The summed E-state index contributed by atoms with van der Waals surface area (Å²) in [4.78, 5) is 27.9. The number of rotatable bonds is 7. The largest absolute Gasteiger partial charge is 0.389 e. The maximum Gasteiger partial charge on any atom is 0.389 e. The van der Waals surface area contributed by atoms with Gasteiger partial charge in [-0.2, -0.15) is 13.2 Å². The van der Waals surface area contributed by atoms with Crippen LogP contribution in [0.3, 0.4) is 0 Å². The molecule has 2 N–H and O–H groups in total. The highest BCUT2D eigenvalue weighted by Crippen LogP contribution is 2.36. The predicted molar refractivity (Wildman–Crippen MR) is 124 cm³/mol. The Kier molecular flexibility index (Phi) is 9.45. The molecule has 0 unspecified atom stereocenters. The molecule has 174 valence electrons. The van der Waals surface area contributed by atoms with Gasteiger partial charge in [-0.3, -0.25) is 9.59 Å². The molecule has 0 spiro atoms. The molecule has 0 saturated heterocycles. The monoisotopic (exact) mass is 506 g/mol. The van der Waals surface area contributed by atoms with E-state index in [0.717, 1.165) is 10.5 Å². The van der Waals surface area contributed by atoms with E-state index in [0.29, 0.717) is 22.0 Å². The Bertz CT molecular complexity index is 955. The van der Waals surface area contributed by atoms with Gasteiger partial charge in [0.25, 0.3) is 0 Å². The molecule has 3 rings (SSSR count). The summed E-state index contributed by atoms with van der Waals surface area (Å²) in [5.41, 5.74) is 7.85. The molecule has 1 heterocycles. The standard InChI is InChI=1S/C22H22ClF3N2O2S.ClH/c23-16-7-4-14(5-8-16)12-28-18-11-15(19(29)3-1-2-10-22(24,25)26)6-9-20(18)31-13-17(27)21(28)30;/h4-9,11,17H,1-3,10,12-13,27H2;1H/t17-;/m0./s1. The minimum atomic E-state index is -4.22. The van der Waals surface area contributed by atoms with E-state index in [9.17, 15) is 22.8 Å². The number of Topliss-reactive ketones (excluding diaryl/α,β-unsaturated/α-hetero) is 1. The van der Waals surface area contributed by atoms with Crippen LogP contribution in [0, 0.1) is 0 Å². The summed E-state index contributed by atoms with van der Waals surface area (Å²) in [6.07, 6.45) is -5.03. The van der Waals surface area contributed by atoms with Crippen LogP contribution < -0.4 is 10.6 Å². The van der Waals surface area contributed by atoms with Crippen molar-refractivity contribution in [2.24, 2.45) is 5.73 Å². The van der Waals surface area contributed by atoms with E-state index < -0.39 is 18.6 Å². The van der Waals surface area contributed by atoms with Gasteiger partial charge >= 0.3 is 6.18 Å². The summed E-state index contributed by atoms with van der Waals surface area (Å²) in [6.45, 7) is 0.264. The first kappa shape index (κ1) is 26.5. The van der Waals surface area contributed by atoms with Gasteiger partial charge in [0.2, 0.25) is 5.91 Å². The number of anilines is 1. The summed E-state index contributed by atoms with van der Waals surface area (Å²) in [7, 11) is 0. The number of hydrogen-bond donors (Lipinski definition) is 1. The summed E-state index contributed by atoms with van der Waals surface area (Å²) in [6, 6.07) is 11.5. The molecular formula is C22H23Cl2F3N2O2S. The number of carbonyl (C=O) groups excluding carboxylic acids is 2. The van der Waals surface area contributed by atoms with Crippen LogP contribution in [0.2, 0.25) is 5.02 Å². The first-order valence-corrected chi connectivity index (χ1v) is 11.2. The lowest BCUT2D eigenvalue weighted by molar-refractivity contribution is -0.135. The van der Waals surface area contributed by atoms with Crippen LogP contribution >= 0.6 is 35.8 Å². The van der Waals surface area contributed by atoms with Crippen molar-refractivity contribution in [2.45, 2.75) is 49.3 Å². The molecule has 0 aromatic heterocycles. The first-order chi connectivity index (χ1) is 14.6. The number of alkyl halides is 3. The summed E-state index contributed by atoms with van der Waals surface area (Å²) in [5.74, 6) is -0.0911. The van der Waals surface area contributed by atoms with Crippen molar-refractivity contribution in [3.63, 3.8) is 0 Å². The van der Waals surface area contributed by atoms with Crippen LogP contribution in [0.15, 0.2) is 47.4 Å². The number of nitrogens with two attached hydrogens (primary N) is 1. The molecule has 4 nitrogen and oxygen atoms in total. The smallest absolute Gasteiger partial charge is 0.319 e. The van der Waals surface area contributed by atoms with E-state index in [4.69, 9.17) is 17.3 Å². The number of hydrogen-bond acceptors (Lipinski definition) is 4. The van der Waals surface area contributed by atoms with Gasteiger partial charge in [-0.05, 0) is 42.7 Å². The molecule has 2 aromatic carbocycles. The average molecular weight is 507 g/mol. The van der Waals surface area contributed by atoms with Crippen molar-refractivity contribution in [2.75, 3.05) is 10.7 Å². The van der Waals surface area contributed by atoms with E-state index in [2.05, 4.69) is 0 Å². The fourth-order valence-corrected chi connectivity index (χ4v) is 4.39. The van der Waals surface area contributed by atoms with Gasteiger partial charge in [0.15, 0.2) is 5.78 Å². The van der Waals surface area contributed by atoms with Crippen molar-refractivity contribution in [1.82, 2.24) is 0 Å². The Morgan fingerprint density at radius 3 is 2.50 bits per heavy atom. The molecule has 1 atom stereocenters. The number of halogens is 5. The zero-order valence-corrected chi connectivity index (χ0v) is 19.4. The third-order valence-corrected chi connectivity index (χ3v) is 6.38. The lowest BCUT2D eigenvalue weighted by atomic mass is 10.0. The summed E-state index contributed by atoms with van der Waals surface area (Å²) in [5, 5.41) is 0.581. The van der Waals surface area contributed by atoms with E-state index in [1.165, 1.54) is 11.8 Å². The number of unbranched alkanes of at least 4 members (excludes halogenated alkanes) is 1. The van der Waals surface area contributed by atoms with Crippen LogP contribution in [0.1, 0.15) is 41.6 Å². The van der Waals surface area contributed by atoms with Crippen molar-refractivity contribution < 1.29 is 22.8 Å². The van der Waals surface area contributed by atoms with Gasteiger partial charge in [0.05, 0.1) is 18.3 Å². The molecule has 0 bridgehead atoms. The summed E-state index contributed by atoms with van der Waals surface area (Å²) < 4.78 is 36.9. The Balaban J connectivity index is 0.00000363. The number of benzene rings is 2.